The van der Waals surface area contributed by atoms with E-state index in [0.717, 1.165) is 5.56 Å². The predicted octanol–water partition coefficient (Wildman–Crippen LogP) is 3.82. The summed E-state index contributed by atoms with van der Waals surface area (Å²) >= 11 is 9.13. The van der Waals surface area contributed by atoms with Gasteiger partial charge < -0.3 is 5.73 Å². The van der Waals surface area contributed by atoms with Gasteiger partial charge in [-0.1, -0.05) is 29.3 Å². The molecule has 0 amide bonds. The van der Waals surface area contributed by atoms with E-state index >= 15 is 0 Å². The molecule has 0 aliphatic heterocycles. The molecule has 2 aromatic carbocycles. The van der Waals surface area contributed by atoms with Gasteiger partial charge in [-0.25, -0.2) is 8.42 Å². The fourth-order valence-corrected chi connectivity index (χ4v) is 4.26. The summed E-state index contributed by atoms with van der Waals surface area (Å²) in [6.07, 6.45) is 0. The average molecular weight is 390 g/mol. The maximum Gasteiger partial charge on any atom is 0.265 e. The fraction of sp³-hybridized carbons (Fsp3) is 0.143. The number of nitrogens with two attached hydrogens (primary N) is 1. The first-order valence-corrected chi connectivity index (χ1v) is 8.64. The Hall–Kier alpha value is -1.24. The van der Waals surface area contributed by atoms with Crippen molar-refractivity contribution in [1.82, 2.24) is 0 Å². The summed E-state index contributed by atoms with van der Waals surface area (Å²) in [7, 11) is -2.27. The van der Waals surface area contributed by atoms with Crippen LogP contribution in [0.1, 0.15) is 5.56 Å². The van der Waals surface area contributed by atoms with Crippen molar-refractivity contribution in [2.45, 2.75) is 11.8 Å². The third kappa shape index (κ3) is 3.17. The Kier molecular flexibility index (Phi) is 4.51. The Balaban J connectivity index is 2.54. The lowest BCUT2D eigenvalue weighted by Gasteiger charge is -2.21. The minimum Gasteiger partial charge on any atom is -0.398 e. The van der Waals surface area contributed by atoms with E-state index in [0.29, 0.717) is 10.2 Å². The van der Waals surface area contributed by atoms with Crippen molar-refractivity contribution < 1.29 is 8.42 Å². The van der Waals surface area contributed by atoms with E-state index in [1.807, 2.05) is 19.1 Å². The second-order valence-electron chi connectivity index (χ2n) is 4.62. The highest BCUT2D eigenvalue weighted by Gasteiger charge is 2.25. The first-order chi connectivity index (χ1) is 9.73. The van der Waals surface area contributed by atoms with Crippen molar-refractivity contribution in [1.29, 1.82) is 0 Å². The van der Waals surface area contributed by atoms with Gasteiger partial charge in [-0.3, -0.25) is 4.31 Å². The SMILES string of the molecule is Cc1ccc(N(C)S(=O)(=O)c2cc(Cl)cc(N)c2Br)cc1. The monoisotopic (exact) mass is 388 g/mol. The smallest absolute Gasteiger partial charge is 0.265 e. The maximum atomic E-state index is 12.7. The first kappa shape index (κ1) is 16.1. The van der Waals surface area contributed by atoms with E-state index in [1.54, 1.807) is 12.1 Å². The number of aryl methyl sites for hydroxylation is 1. The largest absolute Gasteiger partial charge is 0.398 e. The molecule has 2 rings (SSSR count). The van der Waals surface area contributed by atoms with E-state index < -0.39 is 10.0 Å². The highest BCUT2D eigenvalue weighted by Crippen LogP contribution is 2.34. The van der Waals surface area contributed by atoms with Crippen LogP contribution in [0.15, 0.2) is 45.8 Å². The number of hydrogen-bond acceptors (Lipinski definition) is 3. The summed E-state index contributed by atoms with van der Waals surface area (Å²) in [6, 6.07) is 10.1. The molecule has 0 saturated carbocycles. The molecule has 4 nitrogen and oxygen atoms in total. The number of benzene rings is 2. The molecule has 0 unspecified atom stereocenters. The van der Waals surface area contributed by atoms with Gasteiger partial charge in [0.05, 0.1) is 10.2 Å². The summed E-state index contributed by atoms with van der Waals surface area (Å²) < 4.78 is 27.0. The van der Waals surface area contributed by atoms with Crippen molar-refractivity contribution in [2.75, 3.05) is 17.1 Å². The zero-order valence-electron chi connectivity index (χ0n) is 11.5. The highest BCUT2D eigenvalue weighted by molar-refractivity contribution is 9.10. The van der Waals surface area contributed by atoms with Crippen molar-refractivity contribution >= 4 is 48.9 Å². The number of halogens is 2. The first-order valence-electron chi connectivity index (χ1n) is 6.03. The zero-order chi connectivity index (χ0) is 15.8. The number of anilines is 2. The van der Waals surface area contributed by atoms with Crippen LogP contribution in [0.4, 0.5) is 11.4 Å². The molecule has 0 atom stereocenters. The highest BCUT2D eigenvalue weighted by atomic mass is 79.9. The van der Waals surface area contributed by atoms with Crippen molar-refractivity contribution in [3.05, 3.63) is 51.5 Å². The molecule has 2 aromatic rings. The number of sulfonamides is 1. The molecule has 0 bridgehead atoms. The van der Waals surface area contributed by atoms with Crippen LogP contribution < -0.4 is 10.0 Å². The van der Waals surface area contributed by atoms with Gasteiger partial charge in [0.15, 0.2) is 0 Å². The van der Waals surface area contributed by atoms with E-state index in [2.05, 4.69) is 15.9 Å². The van der Waals surface area contributed by atoms with Gasteiger partial charge in [0.25, 0.3) is 10.0 Å². The van der Waals surface area contributed by atoms with Crippen LogP contribution in [0.5, 0.6) is 0 Å². The van der Waals surface area contributed by atoms with Crippen LogP contribution in [-0.2, 0) is 10.0 Å². The van der Waals surface area contributed by atoms with Crippen LogP contribution in [0.2, 0.25) is 5.02 Å². The van der Waals surface area contributed by atoms with Crippen molar-refractivity contribution in [2.24, 2.45) is 0 Å². The van der Waals surface area contributed by atoms with Crippen LogP contribution in [-0.4, -0.2) is 15.5 Å². The lowest BCUT2D eigenvalue weighted by atomic mass is 10.2. The predicted molar refractivity (Wildman–Crippen MR) is 90.3 cm³/mol. The number of hydrogen-bond donors (Lipinski definition) is 1. The van der Waals surface area contributed by atoms with Gasteiger partial charge in [0.2, 0.25) is 0 Å². The molecule has 0 aromatic heterocycles. The summed E-state index contributed by atoms with van der Waals surface area (Å²) in [6.45, 7) is 1.94. The standard InChI is InChI=1S/C14H14BrClN2O2S/c1-9-3-5-11(6-4-9)18(2)21(19,20)13-8-10(16)7-12(17)14(13)15/h3-8H,17H2,1-2H3. The normalized spacial score (nSPS) is 11.4. The van der Waals surface area contributed by atoms with Gasteiger partial charge in [0, 0.05) is 17.8 Å². The summed E-state index contributed by atoms with van der Waals surface area (Å²) in [4.78, 5) is 0.0376. The van der Waals surface area contributed by atoms with Crippen LogP contribution in [0.25, 0.3) is 0 Å². The molecule has 0 spiro atoms. The molecule has 21 heavy (non-hydrogen) atoms. The van der Waals surface area contributed by atoms with Crippen LogP contribution >= 0.6 is 27.5 Å². The lowest BCUT2D eigenvalue weighted by Crippen LogP contribution is -2.27. The van der Waals surface area contributed by atoms with Gasteiger partial charge in [-0.05, 0) is 47.1 Å². The molecule has 2 N–H and O–H groups in total. The Morgan fingerprint density at radius 1 is 1.19 bits per heavy atom. The summed E-state index contributed by atoms with van der Waals surface area (Å²) in [5.74, 6) is 0. The number of nitrogen functional groups attached to an aromatic ring is 1. The molecule has 112 valence electrons. The fourth-order valence-electron chi connectivity index (χ4n) is 1.81. The van der Waals surface area contributed by atoms with Crippen LogP contribution in [0.3, 0.4) is 0 Å². The molecule has 0 aliphatic rings. The van der Waals surface area contributed by atoms with Gasteiger partial charge in [-0.2, -0.15) is 0 Å². The molecular weight excluding hydrogens is 376 g/mol. The topological polar surface area (TPSA) is 63.4 Å². The van der Waals surface area contributed by atoms with E-state index in [-0.39, 0.29) is 15.6 Å². The molecule has 0 fully saturated rings. The molecule has 0 radical (unpaired) electrons. The Morgan fingerprint density at radius 3 is 2.33 bits per heavy atom. The second kappa shape index (κ2) is 5.87. The number of nitrogens with zero attached hydrogens (tertiary/aromatic N) is 1. The minimum atomic E-state index is -3.76. The van der Waals surface area contributed by atoms with Crippen molar-refractivity contribution in [3.8, 4) is 0 Å². The van der Waals surface area contributed by atoms with Gasteiger partial charge in [-0.15, -0.1) is 0 Å². The van der Waals surface area contributed by atoms with Crippen molar-refractivity contribution in [3.63, 3.8) is 0 Å². The third-order valence-corrected chi connectivity index (χ3v) is 6.24. The van der Waals surface area contributed by atoms with Crippen LogP contribution in [0, 0.1) is 6.92 Å². The quantitative estimate of drug-likeness (QED) is 0.812. The Bertz CT molecular complexity index is 776. The van der Waals surface area contributed by atoms with E-state index in [1.165, 1.54) is 23.5 Å². The minimum absolute atomic E-state index is 0.0376. The summed E-state index contributed by atoms with van der Waals surface area (Å²) in [5, 5.41) is 0.270. The molecule has 0 heterocycles. The molecule has 0 aliphatic carbocycles. The molecule has 7 heteroatoms. The molecule has 0 saturated heterocycles. The second-order valence-corrected chi connectivity index (χ2v) is 7.78. The van der Waals surface area contributed by atoms with E-state index in [4.69, 9.17) is 17.3 Å². The van der Waals surface area contributed by atoms with Gasteiger partial charge in [0.1, 0.15) is 4.90 Å². The zero-order valence-corrected chi connectivity index (χ0v) is 14.6. The molecular formula is C14H14BrClN2O2S. The Morgan fingerprint density at radius 2 is 1.76 bits per heavy atom. The lowest BCUT2D eigenvalue weighted by molar-refractivity contribution is 0.594. The van der Waals surface area contributed by atoms with E-state index in [9.17, 15) is 8.42 Å². The Labute approximate surface area is 137 Å². The number of rotatable bonds is 3. The maximum absolute atomic E-state index is 12.7. The van der Waals surface area contributed by atoms with Gasteiger partial charge >= 0.3 is 0 Å². The average Bonchev–Trinajstić information content (AvgIpc) is 2.42. The third-order valence-electron chi connectivity index (χ3n) is 3.07. The summed E-state index contributed by atoms with van der Waals surface area (Å²) in [5.41, 5.74) is 7.65.